The minimum atomic E-state index is -0.119. The van der Waals surface area contributed by atoms with E-state index in [1.54, 1.807) is 12.1 Å². The Morgan fingerprint density at radius 1 is 1.00 bits per heavy atom. The van der Waals surface area contributed by atoms with E-state index in [9.17, 15) is 4.79 Å². The molecule has 1 aromatic carbocycles. The van der Waals surface area contributed by atoms with E-state index in [1.807, 2.05) is 18.2 Å². The van der Waals surface area contributed by atoms with Gasteiger partial charge in [0.25, 0.3) is 0 Å². The predicted molar refractivity (Wildman–Crippen MR) is 77.2 cm³/mol. The zero-order valence-corrected chi connectivity index (χ0v) is 10.7. The molecule has 0 radical (unpaired) electrons. The number of carbonyl (C=O) groups excluding carboxylic acids is 1. The predicted octanol–water partition coefficient (Wildman–Crippen LogP) is 3.69. The van der Waals surface area contributed by atoms with Gasteiger partial charge in [0.2, 0.25) is 0 Å². The molecular formula is C15H23NaO2. The van der Waals surface area contributed by atoms with E-state index >= 15 is 0 Å². The van der Waals surface area contributed by atoms with E-state index in [0.29, 0.717) is 12.2 Å². The van der Waals surface area contributed by atoms with Crippen LogP contribution >= 0.6 is 0 Å². The number of hydrogen-bond donors (Lipinski definition) is 0. The van der Waals surface area contributed by atoms with Crippen molar-refractivity contribution in [1.82, 2.24) is 0 Å². The fourth-order valence-electron chi connectivity index (χ4n) is 1.72. The first-order valence-corrected chi connectivity index (χ1v) is 6.58. The Hall–Kier alpha value is -0.310. The number of rotatable bonds is 8. The van der Waals surface area contributed by atoms with Gasteiger partial charge in [0.15, 0.2) is 0 Å². The molecule has 0 saturated carbocycles. The van der Waals surface area contributed by atoms with Crippen LogP contribution < -0.4 is 4.74 Å². The Morgan fingerprint density at radius 2 is 1.61 bits per heavy atom. The van der Waals surface area contributed by atoms with Crippen LogP contribution in [0.3, 0.4) is 0 Å². The molecule has 0 N–H and O–H groups in total. The first-order chi connectivity index (χ1) is 8.33. The van der Waals surface area contributed by atoms with Gasteiger partial charge >= 0.3 is 35.5 Å². The second kappa shape index (κ2) is 11.8. The molecule has 0 aliphatic carbocycles. The van der Waals surface area contributed by atoms with Crippen molar-refractivity contribution >= 4 is 35.5 Å². The second-order valence-electron chi connectivity index (χ2n) is 4.30. The maximum absolute atomic E-state index is 11.5. The first kappa shape index (κ1) is 17.7. The molecule has 1 aromatic rings. The van der Waals surface area contributed by atoms with Gasteiger partial charge in [-0.1, -0.05) is 57.2 Å². The summed E-state index contributed by atoms with van der Waals surface area (Å²) >= 11 is 0. The monoisotopic (exact) mass is 258 g/mol. The summed E-state index contributed by atoms with van der Waals surface area (Å²) < 4.78 is 5.20. The molecule has 3 heteroatoms. The molecule has 0 saturated heterocycles. The van der Waals surface area contributed by atoms with Crippen LogP contribution in [0, 0.1) is 0 Å². The summed E-state index contributed by atoms with van der Waals surface area (Å²) in [4.78, 5) is 11.5. The average molecular weight is 258 g/mol. The first-order valence-electron chi connectivity index (χ1n) is 6.58. The quantitative estimate of drug-likeness (QED) is 0.307. The van der Waals surface area contributed by atoms with Gasteiger partial charge in [-0.15, -0.1) is 0 Å². The van der Waals surface area contributed by atoms with Crippen LogP contribution in [-0.4, -0.2) is 35.5 Å². The van der Waals surface area contributed by atoms with Gasteiger partial charge in [-0.05, 0) is 18.6 Å². The van der Waals surface area contributed by atoms with Gasteiger partial charge in [0.05, 0.1) is 0 Å². The van der Waals surface area contributed by atoms with Crippen molar-refractivity contribution in [3.63, 3.8) is 0 Å². The third-order valence-electron chi connectivity index (χ3n) is 2.71. The summed E-state index contributed by atoms with van der Waals surface area (Å²) in [6.45, 7) is 2.21. The molecule has 0 spiro atoms. The fourth-order valence-corrected chi connectivity index (χ4v) is 1.72. The molecule has 0 unspecified atom stereocenters. The van der Waals surface area contributed by atoms with Gasteiger partial charge in [0.1, 0.15) is 5.75 Å². The van der Waals surface area contributed by atoms with Crippen molar-refractivity contribution in [1.29, 1.82) is 0 Å². The Balaban J connectivity index is 0.00000289. The SMILES string of the molecule is CCCCCCCCC(=O)Oc1ccccc1.[NaH]. The molecule has 0 bridgehead atoms. The molecule has 0 aliphatic rings. The zero-order valence-electron chi connectivity index (χ0n) is 10.7. The van der Waals surface area contributed by atoms with Crippen LogP contribution in [0.1, 0.15) is 51.9 Å². The van der Waals surface area contributed by atoms with Crippen molar-refractivity contribution in [3.8, 4) is 5.75 Å². The van der Waals surface area contributed by atoms with Gasteiger partial charge in [-0.3, -0.25) is 4.79 Å². The Morgan fingerprint density at radius 3 is 2.28 bits per heavy atom. The molecule has 0 fully saturated rings. The summed E-state index contributed by atoms with van der Waals surface area (Å²) in [5, 5.41) is 0. The summed E-state index contributed by atoms with van der Waals surface area (Å²) in [6.07, 6.45) is 7.67. The van der Waals surface area contributed by atoms with Crippen LogP contribution in [-0.2, 0) is 4.79 Å². The molecular weight excluding hydrogens is 235 g/mol. The third-order valence-corrected chi connectivity index (χ3v) is 2.71. The summed E-state index contributed by atoms with van der Waals surface area (Å²) in [5.41, 5.74) is 0. The van der Waals surface area contributed by atoms with E-state index < -0.39 is 0 Å². The zero-order chi connectivity index (χ0) is 12.3. The van der Waals surface area contributed by atoms with Crippen molar-refractivity contribution in [2.45, 2.75) is 51.9 Å². The molecule has 0 aromatic heterocycles. The van der Waals surface area contributed by atoms with E-state index in [-0.39, 0.29) is 35.5 Å². The van der Waals surface area contributed by atoms with Gasteiger partial charge < -0.3 is 4.74 Å². The van der Waals surface area contributed by atoms with Crippen LogP contribution in [0.25, 0.3) is 0 Å². The Bertz CT molecular complexity index is 312. The van der Waals surface area contributed by atoms with E-state index in [1.165, 1.54) is 25.7 Å². The number of para-hydroxylation sites is 1. The topological polar surface area (TPSA) is 26.3 Å². The Kier molecular flexibility index (Phi) is 11.6. The van der Waals surface area contributed by atoms with Gasteiger partial charge in [-0.25, -0.2) is 0 Å². The fraction of sp³-hybridized carbons (Fsp3) is 0.533. The number of benzene rings is 1. The molecule has 2 nitrogen and oxygen atoms in total. The van der Waals surface area contributed by atoms with E-state index in [4.69, 9.17) is 4.74 Å². The number of hydrogen-bond acceptors (Lipinski definition) is 2. The number of ether oxygens (including phenoxy) is 1. The Labute approximate surface area is 132 Å². The number of esters is 1. The van der Waals surface area contributed by atoms with Crippen molar-refractivity contribution in [2.75, 3.05) is 0 Å². The van der Waals surface area contributed by atoms with Crippen LogP contribution in [0.4, 0.5) is 0 Å². The summed E-state index contributed by atoms with van der Waals surface area (Å²) in [6, 6.07) is 9.25. The van der Waals surface area contributed by atoms with Crippen LogP contribution in [0.5, 0.6) is 5.75 Å². The third kappa shape index (κ3) is 8.73. The van der Waals surface area contributed by atoms with Gasteiger partial charge in [-0.2, -0.15) is 0 Å². The standard InChI is InChI=1S/C15H22O2.Na.H/c1-2-3-4-5-6-10-13-15(16)17-14-11-8-7-9-12-14;;/h7-9,11-12H,2-6,10,13H2,1H3;;. The number of unbranched alkanes of at least 4 members (excludes halogenated alkanes) is 5. The molecule has 0 amide bonds. The van der Waals surface area contributed by atoms with E-state index in [2.05, 4.69) is 6.92 Å². The van der Waals surface area contributed by atoms with Crippen molar-refractivity contribution in [2.24, 2.45) is 0 Å². The molecule has 96 valence electrons. The molecule has 1 rings (SSSR count). The summed E-state index contributed by atoms with van der Waals surface area (Å²) in [5.74, 6) is 0.523. The summed E-state index contributed by atoms with van der Waals surface area (Å²) in [7, 11) is 0. The minimum absolute atomic E-state index is 0. The van der Waals surface area contributed by atoms with Gasteiger partial charge in [0, 0.05) is 6.42 Å². The molecule has 0 heterocycles. The van der Waals surface area contributed by atoms with Crippen molar-refractivity contribution < 1.29 is 9.53 Å². The van der Waals surface area contributed by atoms with Crippen molar-refractivity contribution in [3.05, 3.63) is 30.3 Å². The molecule has 0 aliphatic heterocycles. The van der Waals surface area contributed by atoms with Crippen LogP contribution in [0.2, 0.25) is 0 Å². The number of carbonyl (C=O) groups is 1. The van der Waals surface area contributed by atoms with Crippen LogP contribution in [0.15, 0.2) is 30.3 Å². The normalized spacial score (nSPS) is 9.61. The van der Waals surface area contributed by atoms with E-state index in [0.717, 1.165) is 12.8 Å². The molecule has 0 atom stereocenters. The molecule has 18 heavy (non-hydrogen) atoms. The second-order valence-corrected chi connectivity index (χ2v) is 4.30. The maximum atomic E-state index is 11.5. The average Bonchev–Trinajstić information content (AvgIpc) is 2.35.